The summed E-state index contributed by atoms with van der Waals surface area (Å²) in [7, 11) is 0. The normalized spacial score (nSPS) is 29.9. The van der Waals surface area contributed by atoms with E-state index >= 15 is 0 Å². The quantitative estimate of drug-likeness (QED) is 0.685. The Morgan fingerprint density at radius 2 is 1.73 bits per heavy atom. The summed E-state index contributed by atoms with van der Waals surface area (Å²) >= 11 is 0. The van der Waals surface area contributed by atoms with Crippen LogP contribution in [0, 0.1) is 29.1 Å². The Morgan fingerprint density at radius 3 is 2.42 bits per heavy atom. The monoisotopic (exact) mass is 451 g/mol. The van der Waals surface area contributed by atoms with Gasteiger partial charge in [-0.3, -0.25) is 14.5 Å². The van der Waals surface area contributed by atoms with Crippen LogP contribution in [-0.2, 0) is 16.1 Å². The summed E-state index contributed by atoms with van der Waals surface area (Å²) in [5.41, 5.74) is 2.03. The molecule has 1 aromatic carbocycles. The lowest BCUT2D eigenvalue weighted by Crippen LogP contribution is -2.65. The average Bonchev–Trinajstić information content (AvgIpc) is 2.83. The molecule has 4 atom stereocenters. The number of fused-ring (bicyclic) bond motifs is 4. The molecular weight excluding hydrogens is 414 g/mol. The largest absolute Gasteiger partial charge is 0.483 e. The predicted octanol–water partition coefficient (Wildman–Crippen LogP) is 4.43. The van der Waals surface area contributed by atoms with Gasteiger partial charge in [-0.1, -0.05) is 44.2 Å². The van der Waals surface area contributed by atoms with Crippen molar-refractivity contribution in [1.29, 1.82) is 5.26 Å². The van der Waals surface area contributed by atoms with Crippen molar-refractivity contribution in [3.05, 3.63) is 35.4 Å². The van der Waals surface area contributed by atoms with Gasteiger partial charge in [0.2, 0.25) is 5.91 Å². The van der Waals surface area contributed by atoms with Gasteiger partial charge in [-0.15, -0.1) is 0 Å². The van der Waals surface area contributed by atoms with Crippen LogP contribution in [0.1, 0.15) is 75.3 Å². The van der Waals surface area contributed by atoms with Gasteiger partial charge >= 0.3 is 0 Å². The van der Waals surface area contributed by atoms with Gasteiger partial charge in [-0.2, -0.15) is 5.26 Å². The van der Waals surface area contributed by atoms with Crippen molar-refractivity contribution < 1.29 is 14.7 Å². The molecule has 6 nitrogen and oxygen atoms in total. The van der Waals surface area contributed by atoms with Gasteiger partial charge in [0, 0.05) is 38.1 Å². The highest BCUT2D eigenvalue weighted by Gasteiger charge is 2.49. The first-order valence-corrected chi connectivity index (χ1v) is 12.7. The maximum absolute atomic E-state index is 13.0. The van der Waals surface area contributed by atoms with E-state index in [0.717, 1.165) is 44.0 Å². The molecule has 0 radical (unpaired) electrons. The highest BCUT2D eigenvalue weighted by atomic mass is 16.3. The van der Waals surface area contributed by atoms with Gasteiger partial charge in [-0.05, 0) is 61.1 Å². The second-order valence-electron chi connectivity index (χ2n) is 10.4. The maximum atomic E-state index is 13.0. The third-order valence-corrected chi connectivity index (χ3v) is 8.36. The molecule has 2 bridgehead atoms. The lowest BCUT2D eigenvalue weighted by Gasteiger charge is -2.57. The molecule has 3 saturated heterocycles. The Labute approximate surface area is 197 Å². The smallest absolute Gasteiger partial charge is 0.290 e. The summed E-state index contributed by atoms with van der Waals surface area (Å²) in [6.45, 7) is 2.95. The van der Waals surface area contributed by atoms with Crippen molar-refractivity contribution in [3.63, 3.8) is 0 Å². The van der Waals surface area contributed by atoms with Crippen molar-refractivity contribution in [2.24, 2.45) is 17.8 Å². The molecule has 4 aliphatic rings. The molecule has 3 heterocycles. The molecule has 33 heavy (non-hydrogen) atoms. The lowest BCUT2D eigenvalue weighted by atomic mass is 9.69. The topological polar surface area (TPSA) is 84.6 Å². The fraction of sp³-hybridized carbons (Fsp3) is 0.667. The molecule has 1 saturated carbocycles. The van der Waals surface area contributed by atoms with E-state index in [1.54, 1.807) is 0 Å². The first kappa shape index (κ1) is 23.8. The maximum Gasteiger partial charge on any atom is 0.290 e. The van der Waals surface area contributed by atoms with Crippen LogP contribution in [0.5, 0.6) is 0 Å². The predicted molar refractivity (Wildman–Crippen MR) is 126 cm³/mol. The number of hydrogen-bond acceptors (Lipinski definition) is 4. The van der Waals surface area contributed by atoms with E-state index in [2.05, 4.69) is 28.0 Å². The Morgan fingerprint density at radius 1 is 1.03 bits per heavy atom. The first-order valence-electron chi connectivity index (χ1n) is 12.7. The number of benzene rings is 1. The third kappa shape index (κ3) is 5.58. The second-order valence-corrected chi connectivity index (χ2v) is 10.4. The first-order chi connectivity index (χ1) is 16.1. The zero-order chi connectivity index (χ0) is 23.2. The van der Waals surface area contributed by atoms with Gasteiger partial charge in [-0.25, -0.2) is 0 Å². The van der Waals surface area contributed by atoms with Crippen molar-refractivity contribution in [3.8, 4) is 6.07 Å². The Hall–Kier alpha value is -2.39. The Bertz CT molecular complexity index is 843. The number of piperidine rings is 3. The van der Waals surface area contributed by atoms with E-state index < -0.39 is 0 Å². The number of nitriles is 1. The van der Waals surface area contributed by atoms with Crippen molar-refractivity contribution in [2.75, 3.05) is 13.1 Å². The van der Waals surface area contributed by atoms with Crippen molar-refractivity contribution in [2.45, 2.75) is 82.8 Å². The van der Waals surface area contributed by atoms with Crippen LogP contribution in [0.15, 0.2) is 24.3 Å². The molecule has 0 unspecified atom stereocenters. The van der Waals surface area contributed by atoms with Crippen LogP contribution >= 0.6 is 0 Å². The second kappa shape index (κ2) is 11.2. The molecule has 4 fully saturated rings. The Balaban J connectivity index is 0.000000821. The average molecular weight is 452 g/mol. The number of carbonyl (C=O) groups excluding carboxylic acids is 1. The molecule has 1 amide bonds. The number of carboxylic acid groups (broad SMARTS) is 1. The fourth-order valence-electron chi connectivity index (χ4n) is 7.01. The molecule has 0 spiro atoms. The van der Waals surface area contributed by atoms with Crippen LogP contribution in [0.25, 0.3) is 0 Å². The number of amides is 1. The summed E-state index contributed by atoms with van der Waals surface area (Å²) in [4.78, 5) is 26.4. The zero-order valence-corrected chi connectivity index (χ0v) is 19.6. The molecule has 6 heteroatoms. The molecular formula is C27H37N3O3. The van der Waals surface area contributed by atoms with Gasteiger partial charge in [0.15, 0.2) is 0 Å². The highest BCUT2D eigenvalue weighted by molar-refractivity contribution is 5.78. The molecule has 5 rings (SSSR count). The van der Waals surface area contributed by atoms with E-state index in [-0.39, 0.29) is 6.47 Å². The minimum absolute atomic E-state index is 0.250. The number of hydrogen-bond donors (Lipinski definition) is 1. The van der Waals surface area contributed by atoms with Crippen LogP contribution in [0.3, 0.4) is 0 Å². The minimum Gasteiger partial charge on any atom is -0.483 e. The summed E-state index contributed by atoms with van der Waals surface area (Å²) in [6, 6.07) is 11.3. The Kier molecular flexibility index (Phi) is 8.03. The van der Waals surface area contributed by atoms with Gasteiger partial charge in [0.25, 0.3) is 6.47 Å². The molecule has 3 aliphatic heterocycles. The molecule has 178 valence electrons. The standard InChI is InChI=1S/C26H35N3O.CH2O2/c27-15-20-9-11-21(12-10-20)16-28-17-22-14-23(18-28)25(13-19-5-2-1-3-6-19)29-24(22)7-4-8-26(29)30;2-1-3/h9-12,19,22-25H,1-8,13-14,16-18H2;1H,(H,2,3)/t22-,23+,24+,25+;/m1./s1. The van der Waals surface area contributed by atoms with Crippen molar-refractivity contribution in [1.82, 2.24) is 9.80 Å². The summed E-state index contributed by atoms with van der Waals surface area (Å²) < 4.78 is 0. The van der Waals surface area contributed by atoms with Gasteiger partial charge in [0.05, 0.1) is 11.6 Å². The van der Waals surface area contributed by atoms with Gasteiger partial charge in [0.1, 0.15) is 0 Å². The number of likely N-dealkylation sites (tertiary alicyclic amines) is 1. The molecule has 1 aromatic rings. The summed E-state index contributed by atoms with van der Waals surface area (Å²) in [5.74, 6) is 2.53. The van der Waals surface area contributed by atoms with E-state index in [4.69, 9.17) is 15.2 Å². The third-order valence-electron chi connectivity index (χ3n) is 8.36. The zero-order valence-electron chi connectivity index (χ0n) is 19.6. The molecule has 1 N–H and O–H groups in total. The number of carbonyl (C=O) groups is 2. The van der Waals surface area contributed by atoms with Crippen molar-refractivity contribution >= 4 is 12.4 Å². The number of nitrogens with zero attached hydrogens (tertiary/aromatic N) is 3. The number of rotatable bonds is 4. The van der Waals surface area contributed by atoms with E-state index in [0.29, 0.717) is 29.8 Å². The van der Waals surface area contributed by atoms with Crippen LogP contribution in [0.4, 0.5) is 0 Å². The lowest BCUT2D eigenvalue weighted by molar-refractivity contribution is -0.154. The van der Waals surface area contributed by atoms with Crippen LogP contribution in [-0.4, -0.2) is 52.5 Å². The SMILES string of the molecule is N#Cc1ccc(CN2C[C@H]3C[C@@H](C2)[C@H](CC2CCCCC2)N2C(=O)CCC[C@@H]32)cc1.O=CO. The fourth-order valence-corrected chi connectivity index (χ4v) is 7.01. The van der Waals surface area contributed by atoms with E-state index in [1.807, 2.05) is 12.1 Å². The molecule has 1 aliphatic carbocycles. The summed E-state index contributed by atoms with van der Waals surface area (Å²) in [5, 5.41) is 16.0. The molecule has 0 aromatic heterocycles. The minimum atomic E-state index is -0.250. The van der Waals surface area contributed by atoms with E-state index in [9.17, 15) is 4.79 Å². The van der Waals surface area contributed by atoms with Crippen LogP contribution in [0.2, 0.25) is 0 Å². The van der Waals surface area contributed by atoms with Gasteiger partial charge < -0.3 is 10.0 Å². The highest BCUT2D eigenvalue weighted by Crippen LogP contribution is 2.44. The van der Waals surface area contributed by atoms with Crippen LogP contribution < -0.4 is 0 Å². The van der Waals surface area contributed by atoms with E-state index in [1.165, 1.54) is 56.9 Å². The summed E-state index contributed by atoms with van der Waals surface area (Å²) in [6.07, 6.45) is 12.5.